The number of hydrogen-bond acceptors (Lipinski definition) is 5. The maximum absolute atomic E-state index is 15.1. The number of carboxylic acids is 1. The molecule has 0 bridgehead atoms. The Balaban J connectivity index is 3.04. The highest BCUT2D eigenvalue weighted by molar-refractivity contribution is 7.62. The van der Waals surface area contributed by atoms with Gasteiger partial charge in [-0.3, -0.25) is 9.36 Å². The van der Waals surface area contributed by atoms with E-state index in [0.29, 0.717) is 5.56 Å². The number of halogens is 1. The smallest absolute Gasteiger partial charge is 0.375 e. The summed E-state index contributed by atoms with van der Waals surface area (Å²) in [5.41, 5.74) is 6.19. The topological polar surface area (TPSA) is 98.9 Å². The van der Waals surface area contributed by atoms with Crippen LogP contribution in [0, 0.1) is 0 Å². The van der Waals surface area contributed by atoms with Gasteiger partial charge in [-0.15, -0.1) is 0 Å². The number of alkyl halides is 1. The molecule has 23 heavy (non-hydrogen) atoms. The summed E-state index contributed by atoms with van der Waals surface area (Å²) in [5, 5.41) is 6.40. The molecule has 0 aliphatic rings. The third-order valence-corrected chi connectivity index (χ3v) is 6.66. The van der Waals surface area contributed by atoms with Crippen molar-refractivity contribution >= 4 is 22.8 Å². The van der Waals surface area contributed by atoms with Gasteiger partial charge in [0.2, 0.25) is 5.15 Å². The molecule has 3 atom stereocenters. The first kappa shape index (κ1) is 20.2. The first-order chi connectivity index (χ1) is 10.7. The fourth-order valence-electron chi connectivity index (χ4n) is 1.94. The molecule has 0 radical (unpaired) electrons. The molecule has 6 nitrogen and oxygen atoms in total. The third-order valence-electron chi connectivity index (χ3n) is 3.13. The molecule has 3 N–H and O–H groups in total. The van der Waals surface area contributed by atoms with Crippen LogP contribution in [0.1, 0.15) is 25.0 Å². The van der Waals surface area contributed by atoms with Crippen molar-refractivity contribution in [3.05, 3.63) is 35.4 Å². The summed E-state index contributed by atoms with van der Waals surface area (Å²) in [6.07, 6.45) is 0.111. The number of nitrogens with two attached hydrogens (primary N) is 1. The van der Waals surface area contributed by atoms with E-state index in [1.807, 2.05) is 9.24 Å². The van der Waals surface area contributed by atoms with Gasteiger partial charge in [0.1, 0.15) is 6.04 Å². The van der Waals surface area contributed by atoms with Crippen LogP contribution in [-0.4, -0.2) is 30.3 Å². The van der Waals surface area contributed by atoms with Crippen LogP contribution in [0.2, 0.25) is 0 Å². The van der Waals surface area contributed by atoms with Crippen molar-refractivity contribution in [2.45, 2.75) is 31.5 Å². The molecule has 1 aromatic carbocycles. The first-order valence-corrected chi connectivity index (χ1v) is 9.24. The van der Waals surface area contributed by atoms with Gasteiger partial charge in [-0.25, -0.2) is 4.39 Å². The Bertz CT molecular complexity index is 569. The zero-order valence-corrected chi connectivity index (χ0v) is 15.1. The lowest BCUT2D eigenvalue weighted by atomic mass is 10.1. The van der Waals surface area contributed by atoms with Crippen molar-refractivity contribution in [2.75, 3.05) is 13.2 Å². The third kappa shape index (κ3) is 4.82. The monoisotopic (exact) mass is 365 g/mol. The highest BCUT2D eigenvalue weighted by Gasteiger charge is 2.49. The van der Waals surface area contributed by atoms with E-state index < -0.39 is 24.8 Å². The predicted octanol–water partition coefficient (Wildman–Crippen LogP) is 2.86. The van der Waals surface area contributed by atoms with E-state index in [0.717, 1.165) is 0 Å². The Hall–Kier alpha value is -0.840. The van der Waals surface area contributed by atoms with E-state index >= 15 is 4.39 Å². The number of carboxylic acid groups (broad SMARTS) is 1. The Morgan fingerprint density at radius 2 is 1.83 bits per heavy atom. The quantitative estimate of drug-likeness (QED) is 0.653. The van der Waals surface area contributed by atoms with Crippen LogP contribution in [0.5, 0.6) is 0 Å². The lowest BCUT2D eigenvalue weighted by Gasteiger charge is -2.29. The van der Waals surface area contributed by atoms with Gasteiger partial charge < -0.3 is 19.9 Å². The lowest BCUT2D eigenvalue weighted by molar-refractivity contribution is -0.138. The maximum atomic E-state index is 15.1. The highest BCUT2D eigenvalue weighted by atomic mass is 31.2. The highest BCUT2D eigenvalue weighted by Crippen LogP contribution is 2.69. The van der Waals surface area contributed by atoms with Crippen molar-refractivity contribution in [2.24, 2.45) is 5.73 Å². The Morgan fingerprint density at radius 1 is 1.35 bits per heavy atom. The molecule has 0 spiro atoms. The standard InChI is InChI=1S/C14H22FNO5P2/c1-3-20-23(19,21-4-2)14(15,22)11-7-5-10(6-8-11)9-12(16)13(17)18/h5-8,12H,3-4,9,16,22H2,1-2H3,(H,17,18)/t12-,14?/m0/s1. The zero-order valence-electron chi connectivity index (χ0n) is 13.1. The molecule has 0 aromatic heterocycles. The molecule has 1 rings (SSSR count). The molecule has 9 heteroatoms. The molecular weight excluding hydrogens is 343 g/mol. The van der Waals surface area contributed by atoms with Gasteiger partial charge in [-0.2, -0.15) is 0 Å². The Morgan fingerprint density at radius 3 is 2.22 bits per heavy atom. The number of rotatable bonds is 9. The summed E-state index contributed by atoms with van der Waals surface area (Å²) < 4.78 is 37.9. The minimum absolute atomic E-state index is 0.0445. The van der Waals surface area contributed by atoms with Crippen LogP contribution in [0.3, 0.4) is 0 Å². The average molecular weight is 365 g/mol. The molecule has 2 unspecified atom stereocenters. The minimum atomic E-state index is -4.02. The number of hydrogen-bond donors (Lipinski definition) is 2. The van der Waals surface area contributed by atoms with Crippen LogP contribution in [0.25, 0.3) is 0 Å². The van der Waals surface area contributed by atoms with Crippen LogP contribution < -0.4 is 5.73 Å². The second kappa shape index (κ2) is 8.32. The zero-order chi connectivity index (χ0) is 17.7. The second-order valence-electron chi connectivity index (χ2n) is 4.85. The van der Waals surface area contributed by atoms with E-state index in [4.69, 9.17) is 19.9 Å². The maximum Gasteiger partial charge on any atom is 0.375 e. The van der Waals surface area contributed by atoms with E-state index in [2.05, 4.69) is 0 Å². The summed E-state index contributed by atoms with van der Waals surface area (Å²) in [4.78, 5) is 10.7. The lowest BCUT2D eigenvalue weighted by Crippen LogP contribution is -2.32. The molecule has 0 amide bonds. The Labute approximate surface area is 137 Å². The first-order valence-electron chi connectivity index (χ1n) is 7.12. The van der Waals surface area contributed by atoms with E-state index in [-0.39, 0.29) is 25.2 Å². The number of aliphatic carboxylic acids is 1. The normalized spacial score (nSPS) is 15.9. The van der Waals surface area contributed by atoms with Crippen LogP contribution in [0.4, 0.5) is 4.39 Å². The average Bonchev–Trinajstić information content (AvgIpc) is 2.48. The van der Waals surface area contributed by atoms with Gasteiger partial charge in [-0.05, 0) is 25.8 Å². The van der Waals surface area contributed by atoms with Crippen molar-refractivity contribution in [3.63, 3.8) is 0 Å². The molecular formula is C14H22FNO5P2. The minimum Gasteiger partial charge on any atom is -0.480 e. The molecule has 0 heterocycles. The predicted molar refractivity (Wildman–Crippen MR) is 89.1 cm³/mol. The largest absolute Gasteiger partial charge is 0.480 e. The van der Waals surface area contributed by atoms with Gasteiger partial charge in [-0.1, -0.05) is 33.5 Å². The second-order valence-corrected chi connectivity index (χ2v) is 8.30. The Kier molecular flexibility index (Phi) is 7.30. The van der Waals surface area contributed by atoms with E-state index in [1.165, 1.54) is 12.1 Å². The summed E-state index contributed by atoms with van der Waals surface area (Å²) in [6, 6.07) is 4.88. The summed E-state index contributed by atoms with van der Waals surface area (Å²) in [5.74, 6) is -1.11. The van der Waals surface area contributed by atoms with E-state index in [1.54, 1.807) is 26.0 Å². The van der Waals surface area contributed by atoms with Crippen LogP contribution in [0.15, 0.2) is 24.3 Å². The van der Waals surface area contributed by atoms with Gasteiger partial charge in [0, 0.05) is 5.56 Å². The van der Waals surface area contributed by atoms with E-state index in [9.17, 15) is 9.36 Å². The molecule has 0 fully saturated rings. The summed E-state index contributed by atoms with van der Waals surface area (Å²) in [7, 11) is -2.14. The van der Waals surface area contributed by atoms with Crippen molar-refractivity contribution in [1.82, 2.24) is 0 Å². The van der Waals surface area contributed by atoms with Crippen LogP contribution in [-0.2, 0) is 30.0 Å². The van der Waals surface area contributed by atoms with Gasteiger partial charge in [0.15, 0.2) is 0 Å². The van der Waals surface area contributed by atoms with Crippen LogP contribution >= 0.6 is 16.8 Å². The number of carbonyl (C=O) groups is 1. The van der Waals surface area contributed by atoms with Crippen molar-refractivity contribution in [3.8, 4) is 0 Å². The van der Waals surface area contributed by atoms with Gasteiger partial charge in [0.05, 0.1) is 13.2 Å². The van der Waals surface area contributed by atoms with Gasteiger partial charge in [0.25, 0.3) is 0 Å². The fraction of sp³-hybridized carbons (Fsp3) is 0.500. The molecule has 0 aliphatic heterocycles. The fourth-order valence-corrected chi connectivity index (χ4v) is 4.17. The van der Waals surface area contributed by atoms with Crippen molar-refractivity contribution in [1.29, 1.82) is 0 Å². The molecule has 0 saturated carbocycles. The summed E-state index contributed by atoms with van der Waals surface area (Å²) >= 11 is 0. The molecule has 1 aromatic rings. The summed E-state index contributed by atoms with van der Waals surface area (Å²) in [6.45, 7) is 3.29. The van der Waals surface area contributed by atoms with Crippen molar-refractivity contribution < 1.29 is 27.9 Å². The molecule has 130 valence electrons. The number of benzene rings is 1. The SMILES string of the molecule is CCOP(=O)(OCC)C(F)(P)c1ccc(C[C@H](N)C(=O)O)cc1. The molecule has 0 aliphatic carbocycles. The van der Waals surface area contributed by atoms with Gasteiger partial charge >= 0.3 is 13.6 Å². The molecule has 0 saturated heterocycles.